The predicted molar refractivity (Wildman–Crippen MR) is 121 cm³/mol. The Bertz CT molecular complexity index is 1190. The monoisotopic (exact) mass is 475 g/mol. The standard InChI is InChI=1S/C21H25N5O4S2/c1-4-8-26-20(23-24-21(26)31-14-19-22-15(2)16(3)30-19)17-6-5-7-18(13-17)32(27,28)25-9-11-29-12-10-25/h4-7,13H,1,8-12,14H2,2-3H3. The van der Waals surface area contributed by atoms with Gasteiger partial charge in [0.05, 0.1) is 29.6 Å². The molecule has 1 aromatic carbocycles. The van der Waals surface area contributed by atoms with E-state index < -0.39 is 10.0 Å². The molecule has 1 fully saturated rings. The Labute approximate surface area is 191 Å². The Hall–Kier alpha value is -2.47. The zero-order valence-corrected chi connectivity index (χ0v) is 19.7. The van der Waals surface area contributed by atoms with Crippen LogP contribution in [-0.2, 0) is 27.1 Å². The van der Waals surface area contributed by atoms with Crippen molar-refractivity contribution in [3.05, 3.63) is 54.3 Å². The van der Waals surface area contributed by atoms with Crippen molar-refractivity contribution in [3.8, 4) is 11.4 Å². The number of hydrogen-bond acceptors (Lipinski definition) is 8. The molecule has 1 saturated heterocycles. The van der Waals surface area contributed by atoms with Gasteiger partial charge in [0, 0.05) is 25.2 Å². The van der Waals surface area contributed by atoms with E-state index in [-0.39, 0.29) is 4.90 Å². The molecule has 3 aromatic rings. The summed E-state index contributed by atoms with van der Waals surface area (Å²) in [6.07, 6.45) is 1.75. The highest BCUT2D eigenvalue weighted by atomic mass is 32.2. The van der Waals surface area contributed by atoms with Crippen LogP contribution in [0.4, 0.5) is 0 Å². The van der Waals surface area contributed by atoms with Crippen LogP contribution in [-0.4, -0.2) is 58.8 Å². The largest absolute Gasteiger partial charge is 0.445 e. The first-order chi connectivity index (χ1) is 15.4. The van der Waals surface area contributed by atoms with Crippen molar-refractivity contribution in [2.75, 3.05) is 26.3 Å². The lowest BCUT2D eigenvalue weighted by molar-refractivity contribution is 0.0730. The lowest BCUT2D eigenvalue weighted by atomic mass is 10.2. The molecule has 1 aliphatic heterocycles. The quantitative estimate of drug-likeness (QED) is 0.362. The maximum atomic E-state index is 13.1. The van der Waals surface area contributed by atoms with Crippen LogP contribution in [0.1, 0.15) is 17.3 Å². The van der Waals surface area contributed by atoms with E-state index in [4.69, 9.17) is 9.15 Å². The number of benzene rings is 1. The summed E-state index contributed by atoms with van der Waals surface area (Å²) < 4.78 is 40.4. The highest BCUT2D eigenvalue weighted by Gasteiger charge is 2.27. The van der Waals surface area contributed by atoms with Gasteiger partial charge in [-0.1, -0.05) is 30.0 Å². The van der Waals surface area contributed by atoms with Crippen molar-refractivity contribution in [1.29, 1.82) is 0 Å². The summed E-state index contributed by atoms with van der Waals surface area (Å²) in [5.74, 6) is 2.51. The van der Waals surface area contributed by atoms with Gasteiger partial charge in [-0.15, -0.1) is 16.8 Å². The van der Waals surface area contributed by atoms with Crippen molar-refractivity contribution in [3.63, 3.8) is 0 Å². The molecule has 3 heterocycles. The number of rotatable bonds is 8. The molecule has 0 atom stereocenters. The van der Waals surface area contributed by atoms with Gasteiger partial charge in [-0.3, -0.25) is 4.57 Å². The minimum absolute atomic E-state index is 0.227. The Morgan fingerprint density at radius 3 is 2.69 bits per heavy atom. The molecule has 11 heteroatoms. The Morgan fingerprint density at radius 2 is 2.00 bits per heavy atom. The number of aromatic nitrogens is 4. The molecule has 1 aliphatic rings. The van der Waals surface area contributed by atoms with Crippen LogP contribution in [0.3, 0.4) is 0 Å². The van der Waals surface area contributed by atoms with Crippen molar-refractivity contribution in [2.45, 2.75) is 36.2 Å². The van der Waals surface area contributed by atoms with Gasteiger partial charge in [0.2, 0.25) is 15.9 Å². The summed E-state index contributed by atoms with van der Waals surface area (Å²) in [4.78, 5) is 4.63. The second-order valence-corrected chi connectivity index (χ2v) is 10.2. The number of ether oxygens (including phenoxy) is 1. The number of aryl methyl sites for hydroxylation is 2. The van der Waals surface area contributed by atoms with Gasteiger partial charge >= 0.3 is 0 Å². The third kappa shape index (κ3) is 4.65. The average molecular weight is 476 g/mol. The molecule has 0 N–H and O–H groups in total. The van der Waals surface area contributed by atoms with Crippen molar-refractivity contribution >= 4 is 21.8 Å². The summed E-state index contributed by atoms with van der Waals surface area (Å²) in [5, 5.41) is 9.34. The molecule has 0 spiro atoms. The normalized spacial score (nSPS) is 15.2. The first kappa shape index (κ1) is 22.7. The predicted octanol–water partition coefficient (Wildman–Crippen LogP) is 3.05. The highest BCUT2D eigenvalue weighted by molar-refractivity contribution is 7.98. The van der Waals surface area contributed by atoms with Crippen molar-refractivity contribution in [1.82, 2.24) is 24.1 Å². The molecule has 0 radical (unpaired) electrons. The topological polar surface area (TPSA) is 103 Å². The fourth-order valence-corrected chi connectivity index (χ4v) is 5.61. The number of sulfonamides is 1. The minimum atomic E-state index is -3.61. The zero-order chi connectivity index (χ0) is 22.7. The van der Waals surface area contributed by atoms with E-state index in [0.717, 1.165) is 11.5 Å². The average Bonchev–Trinajstić information content (AvgIpc) is 3.35. The first-order valence-electron chi connectivity index (χ1n) is 10.2. The summed E-state index contributed by atoms with van der Waals surface area (Å²) in [6.45, 7) is 9.59. The van der Waals surface area contributed by atoms with Gasteiger partial charge in [0.25, 0.3) is 0 Å². The summed E-state index contributed by atoms with van der Waals surface area (Å²) >= 11 is 1.46. The molecule has 0 unspecified atom stereocenters. The second kappa shape index (κ2) is 9.57. The Morgan fingerprint density at radius 1 is 1.22 bits per heavy atom. The molecule has 4 rings (SSSR count). The van der Waals surface area contributed by atoms with Crippen LogP contribution in [0.5, 0.6) is 0 Å². The number of nitrogens with zero attached hydrogens (tertiary/aromatic N) is 5. The van der Waals surface area contributed by atoms with Crippen LogP contribution in [0, 0.1) is 13.8 Å². The highest BCUT2D eigenvalue weighted by Crippen LogP contribution is 2.29. The second-order valence-electron chi connectivity index (χ2n) is 7.29. The van der Waals surface area contributed by atoms with Crippen LogP contribution < -0.4 is 0 Å². The van der Waals surface area contributed by atoms with E-state index >= 15 is 0 Å². The smallest absolute Gasteiger partial charge is 0.243 e. The van der Waals surface area contributed by atoms with Crippen LogP contribution in [0.15, 0.2) is 51.4 Å². The maximum Gasteiger partial charge on any atom is 0.243 e. The minimum Gasteiger partial charge on any atom is -0.445 e. The molecular weight excluding hydrogens is 450 g/mol. The number of morpholine rings is 1. The van der Waals surface area contributed by atoms with Crippen LogP contribution >= 0.6 is 11.8 Å². The molecule has 0 bridgehead atoms. The first-order valence-corrected chi connectivity index (χ1v) is 12.6. The number of hydrogen-bond donors (Lipinski definition) is 0. The third-order valence-electron chi connectivity index (χ3n) is 5.13. The number of oxazole rings is 1. The molecule has 9 nitrogen and oxygen atoms in total. The lowest BCUT2D eigenvalue weighted by Crippen LogP contribution is -2.40. The van der Waals surface area contributed by atoms with Crippen molar-refractivity contribution in [2.24, 2.45) is 0 Å². The van der Waals surface area contributed by atoms with Gasteiger partial charge < -0.3 is 9.15 Å². The maximum absolute atomic E-state index is 13.1. The van der Waals surface area contributed by atoms with Crippen molar-refractivity contribution < 1.29 is 17.6 Å². The lowest BCUT2D eigenvalue weighted by Gasteiger charge is -2.26. The summed E-state index contributed by atoms with van der Waals surface area (Å²) in [5.41, 5.74) is 1.54. The fraction of sp³-hybridized carbons (Fsp3) is 0.381. The van der Waals surface area contributed by atoms with E-state index in [1.165, 1.54) is 16.1 Å². The van der Waals surface area contributed by atoms with Gasteiger partial charge in [-0.2, -0.15) is 4.31 Å². The molecular formula is C21H25N5O4S2. The third-order valence-corrected chi connectivity index (χ3v) is 7.97. The van der Waals surface area contributed by atoms with E-state index in [9.17, 15) is 8.42 Å². The molecule has 0 amide bonds. The number of thioether (sulfide) groups is 1. The van der Waals surface area contributed by atoms with E-state index in [2.05, 4.69) is 21.8 Å². The van der Waals surface area contributed by atoms with E-state index in [1.807, 2.05) is 24.5 Å². The molecule has 0 saturated carbocycles. The van der Waals surface area contributed by atoms with Crippen LogP contribution in [0.2, 0.25) is 0 Å². The van der Waals surface area contributed by atoms with E-state index in [0.29, 0.717) is 61.0 Å². The molecule has 170 valence electrons. The zero-order valence-electron chi connectivity index (χ0n) is 18.0. The summed E-state index contributed by atoms with van der Waals surface area (Å²) in [7, 11) is -3.61. The molecule has 32 heavy (non-hydrogen) atoms. The number of allylic oxidation sites excluding steroid dienone is 1. The van der Waals surface area contributed by atoms with Gasteiger partial charge in [-0.25, -0.2) is 13.4 Å². The Balaban J connectivity index is 1.62. The fourth-order valence-electron chi connectivity index (χ4n) is 3.36. The summed E-state index contributed by atoms with van der Waals surface area (Å²) in [6, 6.07) is 6.80. The molecule has 2 aromatic heterocycles. The Kier molecular flexibility index (Phi) is 6.79. The van der Waals surface area contributed by atoms with E-state index in [1.54, 1.807) is 24.3 Å². The molecule has 0 aliphatic carbocycles. The van der Waals surface area contributed by atoms with Crippen LogP contribution in [0.25, 0.3) is 11.4 Å². The van der Waals surface area contributed by atoms with Gasteiger partial charge in [0.1, 0.15) is 5.76 Å². The SMILES string of the molecule is C=CCn1c(SCc2nc(C)c(C)o2)nnc1-c1cccc(S(=O)(=O)N2CCOCC2)c1. The van der Waals surface area contributed by atoms with Gasteiger partial charge in [-0.05, 0) is 26.0 Å². The van der Waals surface area contributed by atoms with Gasteiger partial charge in [0.15, 0.2) is 11.0 Å².